The Kier molecular flexibility index (Phi) is 5.20. The van der Waals surface area contributed by atoms with Crippen molar-refractivity contribution in [1.29, 1.82) is 0 Å². The molecule has 0 aromatic heterocycles. The lowest BCUT2D eigenvalue weighted by atomic mass is 10.1. The lowest BCUT2D eigenvalue weighted by Crippen LogP contribution is -2.30. The van der Waals surface area contributed by atoms with Gasteiger partial charge in [0.25, 0.3) is 0 Å². The molecule has 0 aromatic carbocycles. The van der Waals surface area contributed by atoms with E-state index in [9.17, 15) is 0 Å². The first-order valence-electron chi connectivity index (χ1n) is 5.79. The first-order valence-corrected chi connectivity index (χ1v) is 5.79. The van der Waals surface area contributed by atoms with Crippen LogP contribution in [-0.4, -0.2) is 31.1 Å². The molecule has 1 fully saturated rings. The molecule has 1 unspecified atom stereocenters. The third-order valence-electron chi connectivity index (χ3n) is 3.02. The van der Waals surface area contributed by atoms with Crippen molar-refractivity contribution in [2.75, 3.05) is 20.1 Å². The van der Waals surface area contributed by atoms with Crippen molar-refractivity contribution in [3.8, 4) is 0 Å². The van der Waals surface area contributed by atoms with Gasteiger partial charge in [0.1, 0.15) is 0 Å². The van der Waals surface area contributed by atoms with Crippen LogP contribution in [0.5, 0.6) is 0 Å². The van der Waals surface area contributed by atoms with Gasteiger partial charge in [-0.1, -0.05) is 6.08 Å². The lowest BCUT2D eigenvalue weighted by Gasteiger charge is -2.18. The molecule has 0 spiro atoms. The average Bonchev–Trinajstić information content (AvgIpc) is 2.98. The molecule has 1 aliphatic rings. The van der Waals surface area contributed by atoms with E-state index in [1.54, 1.807) is 0 Å². The fourth-order valence-corrected chi connectivity index (χ4v) is 1.75. The molecular formula is C12H24N2. The van der Waals surface area contributed by atoms with Gasteiger partial charge in [-0.15, -0.1) is 6.58 Å². The van der Waals surface area contributed by atoms with Gasteiger partial charge in [-0.2, -0.15) is 0 Å². The predicted molar refractivity (Wildman–Crippen MR) is 62.2 cm³/mol. The van der Waals surface area contributed by atoms with Crippen molar-refractivity contribution in [2.24, 2.45) is 11.7 Å². The normalized spacial score (nSPS) is 18.5. The molecule has 0 aliphatic heterocycles. The molecule has 1 aliphatic carbocycles. The topological polar surface area (TPSA) is 29.3 Å². The number of nitrogens with zero attached hydrogens (tertiary/aromatic N) is 1. The van der Waals surface area contributed by atoms with E-state index in [4.69, 9.17) is 5.73 Å². The second-order valence-corrected chi connectivity index (χ2v) is 4.52. The summed E-state index contributed by atoms with van der Waals surface area (Å²) in [6.07, 6.45) is 8.22. The summed E-state index contributed by atoms with van der Waals surface area (Å²) < 4.78 is 0. The second kappa shape index (κ2) is 6.20. The third kappa shape index (κ3) is 4.77. The van der Waals surface area contributed by atoms with E-state index in [-0.39, 0.29) is 0 Å². The highest BCUT2D eigenvalue weighted by Gasteiger charge is 2.27. The maximum absolute atomic E-state index is 6.04. The van der Waals surface area contributed by atoms with E-state index in [0.29, 0.717) is 6.04 Å². The van der Waals surface area contributed by atoms with Gasteiger partial charge >= 0.3 is 0 Å². The van der Waals surface area contributed by atoms with E-state index in [1.807, 2.05) is 6.08 Å². The van der Waals surface area contributed by atoms with Gasteiger partial charge in [-0.25, -0.2) is 0 Å². The molecule has 2 N–H and O–H groups in total. The van der Waals surface area contributed by atoms with Crippen molar-refractivity contribution in [1.82, 2.24) is 4.90 Å². The average molecular weight is 196 g/mol. The Morgan fingerprint density at radius 2 is 2.21 bits per heavy atom. The zero-order valence-corrected chi connectivity index (χ0v) is 9.41. The van der Waals surface area contributed by atoms with Gasteiger partial charge < -0.3 is 10.6 Å². The van der Waals surface area contributed by atoms with Gasteiger partial charge in [0.15, 0.2) is 0 Å². The fraction of sp³-hybridized carbons (Fsp3) is 0.833. The van der Waals surface area contributed by atoms with Crippen LogP contribution in [0.4, 0.5) is 0 Å². The molecule has 0 aromatic rings. The number of hydrogen-bond donors (Lipinski definition) is 1. The van der Waals surface area contributed by atoms with E-state index >= 15 is 0 Å². The maximum atomic E-state index is 6.04. The van der Waals surface area contributed by atoms with Crippen LogP contribution >= 0.6 is 0 Å². The van der Waals surface area contributed by atoms with Crippen LogP contribution in [-0.2, 0) is 0 Å². The molecule has 1 atom stereocenters. The van der Waals surface area contributed by atoms with E-state index in [1.165, 1.54) is 25.8 Å². The van der Waals surface area contributed by atoms with Crippen molar-refractivity contribution in [3.05, 3.63) is 12.7 Å². The highest BCUT2D eigenvalue weighted by atomic mass is 15.1. The van der Waals surface area contributed by atoms with Crippen LogP contribution in [0.15, 0.2) is 12.7 Å². The van der Waals surface area contributed by atoms with Crippen LogP contribution in [0.3, 0.4) is 0 Å². The molecule has 0 saturated heterocycles. The quantitative estimate of drug-likeness (QED) is 0.475. The van der Waals surface area contributed by atoms with E-state index < -0.39 is 0 Å². The summed E-state index contributed by atoms with van der Waals surface area (Å²) in [6.45, 7) is 6.04. The molecule has 0 bridgehead atoms. The summed E-state index contributed by atoms with van der Waals surface area (Å²) in [5, 5.41) is 0. The predicted octanol–water partition coefficient (Wildman–Crippen LogP) is 2.01. The smallest absolute Gasteiger partial charge is 0.00793 e. The number of nitrogens with two attached hydrogens (primary N) is 1. The number of rotatable bonds is 8. The Morgan fingerprint density at radius 1 is 1.50 bits per heavy atom. The summed E-state index contributed by atoms with van der Waals surface area (Å²) in [5.41, 5.74) is 6.04. The summed E-state index contributed by atoms with van der Waals surface area (Å²) >= 11 is 0. The Hall–Kier alpha value is -0.340. The first-order chi connectivity index (χ1) is 6.74. The lowest BCUT2D eigenvalue weighted by molar-refractivity contribution is 0.309. The molecule has 2 heteroatoms. The highest BCUT2D eigenvalue weighted by Crippen LogP contribution is 2.32. The van der Waals surface area contributed by atoms with Crippen LogP contribution < -0.4 is 5.73 Å². The summed E-state index contributed by atoms with van der Waals surface area (Å²) in [7, 11) is 2.18. The molecule has 82 valence electrons. The minimum atomic E-state index is 0.455. The Balaban J connectivity index is 1.95. The molecule has 0 heterocycles. The largest absolute Gasteiger partial charge is 0.327 e. The zero-order chi connectivity index (χ0) is 10.4. The van der Waals surface area contributed by atoms with Crippen molar-refractivity contribution >= 4 is 0 Å². The number of allylic oxidation sites excluding steroid dienone is 1. The van der Waals surface area contributed by atoms with Crippen molar-refractivity contribution in [3.63, 3.8) is 0 Å². The van der Waals surface area contributed by atoms with Gasteiger partial charge in [0.05, 0.1) is 0 Å². The van der Waals surface area contributed by atoms with Crippen molar-refractivity contribution < 1.29 is 0 Å². The van der Waals surface area contributed by atoms with Crippen LogP contribution in [0.2, 0.25) is 0 Å². The number of hydrogen-bond acceptors (Lipinski definition) is 2. The molecule has 1 saturated carbocycles. The second-order valence-electron chi connectivity index (χ2n) is 4.52. The summed E-state index contributed by atoms with van der Waals surface area (Å²) in [5.74, 6) is 0.844. The third-order valence-corrected chi connectivity index (χ3v) is 3.02. The molecule has 1 rings (SSSR count). The molecule has 2 nitrogen and oxygen atoms in total. The van der Waals surface area contributed by atoms with Crippen LogP contribution in [0, 0.1) is 5.92 Å². The minimum Gasteiger partial charge on any atom is -0.327 e. The Bertz CT molecular complexity index is 164. The summed E-state index contributed by atoms with van der Waals surface area (Å²) in [4.78, 5) is 2.38. The van der Waals surface area contributed by atoms with Gasteiger partial charge in [0.2, 0.25) is 0 Å². The van der Waals surface area contributed by atoms with Crippen LogP contribution in [0.1, 0.15) is 32.1 Å². The molecule has 0 radical (unpaired) electrons. The van der Waals surface area contributed by atoms with Crippen molar-refractivity contribution in [2.45, 2.75) is 38.1 Å². The maximum Gasteiger partial charge on any atom is 0.00793 e. The fourth-order valence-electron chi connectivity index (χ4n) is 1.75. The summed E-state index contributed by atoms with van der Waals surface area (Å²) in [6, 6.07) is 0.455. The molecule has 14 heavy (non-hydrogen) atoms. The zero-order valence-electron chi connectivity index (χ0n) is 9.41. The monoisotopic (exact) mass is 196 g/mol. The minimum absolute atomic E-state index is 0.455. The number of unbranched alkanes of at least 4 members (excludes halogenated alkanes) is 1. The molecular weight excluding hydrogens is 172 g/mol. The van der Waals surface area contributed by atoms with Gasteiger partial charge in [-0.05, 0) is 58.2 Å². The Morgan fingerprint density at radius 3 is 2.79 bits per heavy atom. The van der Waals surface area contributed by atoms with E-state index in [0.717, 1.165) is 25.3 Å². The van der Waals surface area contributed by atoms with Crippen LogP contribution in [0.25, 0.3) is 0 Å². The standard InChI is InChI=1S/C12H24N2/c1-3-4-5-9-14(2)10-8-12(13)11-6-7-11/h3,11-12H,1,4-10,13H2,2H3. The van der Waals surface area contributed by atoms with E-state index in [2.05, 4.69) is 18.5 Å². The first kappa shape index (κ1) is 11.7. The molecule has 0 amide bonds. The highest BCUT2D eigenvalue weighted by molar-refractivity contribution is 4.84. The SMILES string of the molecule is C=CCCCN(C)CCC(N)C1CC1. The van der Waals surface area contributed by atoms with Gasteiger partial charge in [-0.3, -0.25) is 0 Å². The van der Waals surface area contributed by atoms with Gasteiger partial charge in [0, 0.05) is 6.04 Å². The Labute approximate surface area is 88.2 Å².